The van der Waals surface area contributed by atoms with Crippen molar-refractivity contribution in [1.82, 2.24) is 0 Å². The van der Waals surface area contributed by atoms with Gasteiger partial charge < -0.3 is 9.84 Å². The molecule has 5 nitrogen and oxygen atoms in total. The molecule has 0 amide bonds. The highest BCUT2D eigenvalue weighted by atomic mass is 16.6. The third-order valence-corrected chi connectivity index (χ3v) is 11.9. The first-order valence-corrected chi connectivity index (χ1v) is 17.6. The Labute approximate surface area is 255 Å². The molecule has 5 heteroatoms. The SMILES string of the molecule is CCCCCCCCCCCCCCCC(=O)OC(O)C(=O)[C@H]1CC[C@H]2[C@@H]3CCC4=CC(=O)C=C[C@]4(C)[C@H]3CC[C@]12C. The number of fused-ring (bicyclic) bond motifs is 5. The standard InChI is InChI=1S/C37H58O5/c1-4-5-6-7-8-9-10-11-12-13-14-15-16-17-33(39)42-35(41)34(40)32-21-20-30-29-19-18-27-26-28(38)22-24-36(27,2)31(29)23-25-37(30,32)3/h22,24,26,29-32,35,41H,4-21,23,25H2,1-3H3/t29-,30-,31-,32+,35?,36-,37-/m0/s1. The van der Waals surface area contributed by atoms with Gasteiger partial charge in [0.1, 0.15) is 0 Å². The third kappa shape index (κ3) is 7.66. The molecule has 0 aromatic rings. The minimum Gasteiger partial charge on any atom is -0.428 e. The number of allylic oxidation sites excluding steroid dienone is 4. The molecule has 0 heterocycles. The fourth-order valence-electron chi connectivity index (χ4n) is 9.37. The molecule has 42 heavy (non-hydrogen) atoms. The predicted octanol–water partition coefficient (Wildman–Crippen LogP) is 8.82. The van der Waals surface area contributed by atoms with Gasteiger partial charge in [0.05, 0.1) is 0 Å². The lowest BCUT2D eigenvalue weighted by Gasteiger charge is -2.57. The molecule has 0 spiro atoms. The van der Waals surface area contributed by atoms with E-state index in [2.05, 4.69) is 26.8 Å². The van der Waals surface area contributed by atoms with Crippen LogP contribution < -0.4 is 0 Å². The van der Waals surface area contributed by atoms with E-state index in [1.807, 2.05) is 6.08 Å². The second-order valence-corrected chi connectivity index (χ2v) is 14.5. The average molecular weight is 583 g/mol. The fraction of sp³-hybridized carbons (Fsp3) is 0.811. The van der Waals surface area contributed by atoms with Gasteiger partial charge in [-0.25, -0.2) is 0 Å². The van der Waals surface area contributed by atoms with Crippen LogP contribution in [-0.4, -0.2) is 28.9 Å². The smallest absolute Gasteiger partial charge is 0.308 e. The second kappa shape index (κ2) is 15.3. The van der Waals surface area contributed by atoms with Crippen LogP contribution in [0.25, 0.3) is 0 Å². The van der Waals surface area contributed by atoms with Crippen LogP contribution in [0.2, 0.25) is 0 Å². The van der Waals surface area contributed by atoms with Crippen LogP contribution in [0.15, 0.2) is 23.8 Å². The van der Waals surface area contributed by atoms with Crippen molar-refractivity contribution in [1.29, 1.82) is 0 Å². The average Bonchev–Trinajstić information content (AvgIpc) is 3.32. The maximum absolute atomic E-state index is 13.4. The quantitative estimate of drug-likeness (QED) is 0.105. The molecule has 4 rings (SSSR count). The number of ketones is 2. The van der Waals surface area contributed by atoms with E-state index < -0.39 is 12.3 Å². The van der Waals surface area contributed by atoms with Crippen LogP contribution >= 0.6 is 0 Å². The molecule has 0 aromatic heterocycles. The zero-order valence-corrected chi connectivity index (χ0v) is 26.8. The zero-order chi connectivity index (χ0) is 30.2. The lowest BCUT2D eigenvalue weighted by atomic mass is 9.47. The number of aliphatic hydroxyl groups excluding tert-OH is 1. The Balaban J connectivity index is 1.14. The van der Waals surface area contributed by atoms with Gasteiger partial charge in [0.25, 0.3) is 6.29 Å². The van der Waals surface area contributed by atoms with Gasteiger partial charge in [-0.3, -0.25) is 14.4 Å². The van der Waals surface area contributed by atoms with Crippen LogP contribution in [0.4, 0.5) is 0 Å². The first-order chi connectivity index (χ1) is 20.2. The van der Waals surface area contributed by atoms with E-state index in [1.54, 1.807) is 6.08 Å². The van der Waals surface area contributed by atoms with Crippen molar-refractivity contribution in [2.24, 2.45) is 34.5 Å². The summed E-state index contributed by atoms with van der Waals surface area (Å²) in [6, 6.07) is 0. The normalized spacial score (nSPS) is 32.5. The number of esters is 1. The largest absolute Gasteiger partial charge is 0.428 e. The van der Waals surface area contributed by atoms with E-state index in [0.29, 0.717) is 17.8 Å². The minimum atomic E-state index is -1.65. The van der Waals surface area contributed by atoms with Crippen molar-refractivity contribution >= 4 is 17.5 Å². The van der Waals surface area contributed by atoms with Crippen molar-refractivity contribution < 1.29 is 24.2 Å². The summed E-state index contributed by atoms with van der Waals surface area (Å²) in [6.07, 6.45) is 26.2. The summed E-state index contributed by atoms with van der Waals surface area (Å²) in [5.41, 5.74) is 1.03. The lowest BCUT2D eigenvalue weighted by Crippen LogP contribution is -2.51. The zero-order valence-electron chi connectivity index (χ0n) is 26.8. The first-order valence-electron chi connectivity index (χ1n) is 17.6. The van der Waals surface area contributed by atoms with E-state index in [-0.39, 0.29) is 34.7 Å². The van der Waals surface area contributed by atoms with Crippen LogP contribution in [-0.2, 0) is 19.1 Å². The molecule has 0 bridgehead atoms. The number of Topliss-reactive ketones (excluding diaryl/α,β-unsaturated/α-hetero) is 1. The van der Waals surface area contributed by atoms with Crippen molar-refractivity contribution in [3.63, 3.8) is 0 Å². The molecule has 3 fully saturated rings. The van der Waals surface area contributed by atoms with E-state index in [9.17, 15) is 19.5 Å². The first kappa shape index (κ1) is 33.1. The summed E-state index contributed by atoms with van der Waals surface area (Å²) in [5.74, 6) is 0.488. The van der Waals surface area contributed by atoms with Gasteiger partial charge >= 0.3 is 5.97 Å². The van der Waals surface area contributed by atoms with Gasteiger partial charge in [0.2, 0.25) is 5.78 Å². The predicted molar refractivity (Wildman–Crippen MR) is 168 cm³/mol. The van der Waals surface area contributed by atoms with Crippen molar-refractivity contribution in [2.75, 3.05) is 0 Å². The number of rotatable bonds is 17. The van der Waals surface area contributed by atoms with E-state index in [4.69, 9.17) is 4.74 Å². The van der Waals surface area contributed by atoms with Crippen molar-refractivity contribution in [3.05, 3.63) is 23.8 Å². The summed E-state index contributed by atoms with van der Waals surface area (Å²) < 4.78 is 5.28. The summed E-state index contributed by atoms with van der Waals surface area (Å²) in [6.45, 7) is 6.78. The fourth-order valence-corrected chi connectivity index (χ4v) is 9.37. The maximum Gasteiger partial charge on any atom is 0.308 e. The Morgan fingerprint density at radius 2 is 1.50 bits per heavy atom. The van der Waals surface area contributed by atoms with Crippen molar-refractivity contribution in [2.45, 2.75) is 155 Å². The summed E-state index contributed by atoms with van der Waals surface area (Å²) in [5, 5.41) is 10.7. The molecule has 4 aliphatic rings. The minimum absolute atomic E-state index is 0.0666. The van der Waals surface area contributed by atoms with Crippen molar-refractivity contribution in [3.8, 4) is 0 Å². The second-order valence-electron chi connectivity index (χ2n) is 14.5. The Morgan fingerprint density at radius 1 is 0.881 bits per heavy atom. The summed E-state index contributed by atoms with van der Waals surface area (Å²) in [7, 11) is 0. The molecule has 0 aromatic carbocycles. The molecule has 0 aliphatic heterocycles. The molecular formula is C37H58O5. The number of carbonyl (C=O) groups excluding carboxylic acids is 3. The summed E-state index contributed by atoms with van der Waals surface area (Å²) >= 11 is 0. The van der Waals surface area contributed by atoms with Gasteiger partial charge in [0.15, 0.2) is 5.78 Å². The number of hydrogen-bond acceptors (Lipinski definition) is 5. The van der Waals surface area contributed by atoms with Gasteiger partial charge in [-0.2, -0.15) is 0 Å². The number of carbonyl (C=O) groups is 3. The van der Waals surface area contributed by atoms with Gasteiger partial charge in [-0.05, 0) is 80.3 Å². The van der Waals surface area contributed by atoms with E-state index in [0.717, 1.165) is 57.8 Å². The molecule has 0 saturated heterocycles. The highest BCUT2D eigenvalue weighted by Crippen LogP contribution is 2.66. The topological polar surface area (TPSA) is 80.7 Å². The third-order valence-electron chi connectivity index (χ3n) is 11.9. The Bertz CT molecular complexity index is 996. The number of unbranched alkanes of at least 4 members (excludes halogenated alkanes) is 12. The van der Waals surface area contributed by atoms with Gasteiger partial charge in [0, 0.05) is 17.8 Å². The monoisotopic (exact) mass is 582 g/mol. The number of ether oxygens (including phenoxy) is 1. The lowest BCUT2D eigenvalue weighted by molar-refractivity contribution is -0.180. The molecule has 1 unspecified atom stereocenters. The number of aliphatic hydroxyl groups is 1. The van der Waals surface area contributed by atoms with Gasteiger partial charge in [-0.15, -0.1) is 0 Å². The Hall–Kier alpha value is -1.75. The van der Waals surface area contributed by atoms with Crippen LogP contribution in [0, 0.1) is 34.5 Å². The molecule has 236 valence electrons. The highest BCUT2D eigenvalue weighted by molar-refractivity contribution is 6.01. The molecule has 0 radical (unpaired) electrons. The van der Waals surface area contributed by atoms with E-state index >= 15 is 0 Å². The molecule has 3 saturated carbocycles. The van der Waals surface area contributed by atoms with Crippen LogP contribution in [0.1, 0.15) is 149 Å². The molecule has 4 aliphatic carbocycles. The highest BCUT2D eigenvalue weighted by Gasteiger charge is 2.60. The molecule has 1 N–H and O–H groups in total. The van der Waals surface area contributed by atoms with E-state index in [1.165, 1.54) is 69.8 Å². The van der Waals surface area contributed by atoms with Crippen LogP contribution in [0.3, 0.4) is 0 Å². The molecular weight excluding hydrogens is 524 g/mol. The van der Waals surface area contributed by atoms with Gasteiger partial charge in [-0.1, -0.05) is 109 Å². The maximum atomic E-state index is 13.4. The van der Waals surface area contributed by atoms with Crippen LogP contribution in [0.5, 0.6) is 0 Å². The number of hydrogen-bond donors (Lipinski definition) is 1. The molecule has 7 atom stereocenters. The Kier molecular flexibility index (Phi) is 12.1. The summed E-state index contributed by atoms with van der Waals surface area (Å²) in [4.78, 5) is 37.9. The Morgan fingerprint density at radius 3 is 2.14 bits per heavy atom.